The standard InChI is InChI=1S/C34H32F5N5O4/c1-17-14-46-32-27-30(41-33(42-31(27)44(17)13-24(37)38)47-15-34-7-2-8-43(34)12-20(35)11-34)28(39)29(40-32)22-10-21(48-16-45)9-19-5-6-23(36)26(25(19)22)18-3-4-18/h5-6,9-10,16-18,20,24H,2-4,7-8,11-15H2,1H3/t17-,20+,34-/m0/s1. The number of rotatable bonds is 9. The van der Waals surface area contributed by atoms with Crippen molar-refractivity contribution >= 4 is 34.0 Å². The summed E-state index contributed by atoms with van der Waals surface area (Å²) in [7, 11) is 0. The Labute approximate surface area is 272 Å². The van der Waals surface area contributed by atoms with Gasteiger partial charge in [-0.3, -0.25) is 9.69 Å². The molecule has 4 aromatic rings. The fraction of sp³-hybridized carbons (Fsp3) is 0.471. The van der Waals surface area contributed by atoms with E-state index in [1.54, 1.807) is 13.0 Å². The van der Waals surface area contributed by atoms with Gasteiger partial charge in [0.15, 0.2) is 5.82 Å². The van der Waals surface area contributed by atoms with Crippen molar-refractivity contribution < 1.29 is 41.0 Å². The Kier molecular flexibility index (Phi) is 7.53. The predicted molar refractivity (Wildman–Crippen MR) is 166 cm³/mol. The normalized spacial score (nSPS) is 23.9. The maximum absolute atomic E-state index is 17.1. The molecule has 0 spiro atoms. The van der Waals surface area contributed by atoms with E-state index in [0.717, 1.165) is 25.8 Å². The molecule has 252 valence electrons. The summed E-state index contributed by atoms with van der Waals surface area (Å²) in [6.07, 6.45) is -0.419. The second-order valence-corrected chi connectivity index (χ2v) is 13.2. The number of ether oxygens (including phenoxy) is 3. The van der Waals surface area contributed by atoms with Crippen LogP contribution in [0.1, 0.15) is 50.5 Å². The Morgan fingerprint density at radius 2 is 1.98 bits per heavy atom. The van der Waals surface area contributed by atoms with Crippen LogP contribution in [-0.2, 0) is 4.79 Å². The Bertz CT molecular complexity index is 1940. The molecule has 8 rings (SSSR count). The van der Waals surface area contributed by atoms with E-state index in [4.69, 9.17) is 14.2 Å². The highest BCUT2D eigenvalue weighted by atomic mass is 19.3. The summed E-state index contributed by atoms with van der Waals surface area (Å²) in [4.78, 5) is 28.2. The molecule has 5 heterocycles. The molecule has 0 radical (unpaired) electrons. The zero-order valence-corrected chi connectivity index (χ0v) is 26.0. The summed E-state index contributed by atoms with van der Waals surface area (Å²) in [6.45, 7) is 2.15. The summed E-state index contributed by atoms with van der Waals surface area (Å²) < 4.78 is 92.1. The van der Waals surface area contributed by atoms with Gasteiger partial charge in [0.1, 0.15) is 53.4 Å². The van der Waals surface area contributed by atoms with E-state index in [1.807, 2.05) is 4.90 Å². The topological polar surface area (TPSA) is 89.9 Å². The molecule has 0 unspecified atom stereocenters. The zero-order chi connectivity index (χ0) is 33.3. The smallest absolute Gasteiger partial charge is 0.319 e. The third-order valence-corrected chi connectivity index (χ3v) is 10.0. The molecule has 9 nitrogen and oxygen atoms in total. The lowest BCUT2D eigenvalue weighted by atomic mass is 9.93. The Morgan fingerprint density at radius 3 is 2.75 bits per heavy atom. The number of carbonyl (C=O) groups is 1. The van der Waals surface area contributed by atoms with Gasteiger partial charge in [0.05, 0.1) is 18.1 Å². The van der Waals surface area contributed by atoms with Crippen molar-refractivity contribution in [1.82, 2.24) is 19.9 Å². The van der Waals surface area contributed by atoms with Gasteiger partial charge in [-0.05, 0) is 79.6 Å². The number of alkyl halides is 3. The van der Waals surface area contributed by atoms with Crippen LogP contribution >= 0.6 is 0 Å². The lowest BCUT2D eigenvalue weighted by Crippen LogP contribution is -2.43. The summed E-state index contributed by atoms with van der Waals surface area (Å²) in [6, 6.07) is 4.94. The summed E-state index contributed by atoms with van der Waals surface area (Å²) in [5.41, 5.74) is -0.568. The molecule has 3 fully saturated rings. The molecule has 0 bridgehead atoms. The molecule has 2 saturated heterocycles. The second kappa shape index (κ2) is 11.7. The molecule has 48 heavy (non-hydrogen) atoms. The number of pyridine rings is 1. The summed E-state index contributed by atoms with van der Waals surface area (Å²) in [5.74, 6) is -1.53. The first kappa shape index (κ1) is 31.0. The number of nitrogens with zero attached hydrogens (tertiary/aromatic N) is 5. The number of hydrogen-bond acceptors (Lipinski definition) is 9. The van der Waals surface area contributed by atoms with Gasteiger partial charge in [0.2, 0.25) is 5.88 Å². The largest absolute Gasteiger partial charge is 0.475 e. The molecule has 1 saturated carbocycles. The van der Waals surface area contributed by atoms with Gasteiger partial charge in [0.25, 0.3) is 12.9 Å². The molecular weight excluding hydrogens is 637 g/mol. The minimum Gasteiger partial charge on any atom is -0.475 e. The van der Waals surface area contributed by atoms with Crippen molar-refractivity contribution in [3.63, 3.8) is 0 Å². The molecule has 14 heteroatoms. The Balaban J connectivity index is 1.34. The minimum absolute atomic E-state index is 0.0165. The van der Waals surface area contributed by atoms with E-state index in [1.165, 1.54) is 23.1 Å². The van der Waals surface area contributed by atoms with Crippen LogP contribution in [0.25, 0.3) is 32.9 Å². The van der Waals surface area contributed by atoms with Gasteiger partial charge in [-0.2, -0.15) is 9.97 Å². The monoisotopic (exact) mass is 669 g/mol. The van der Waals surface area contributed by atoms with Gasteiger partial charge in [-0.15, -0.1) is 0 Å². The summed E-state index contributed by atoms with van der Waals surface area (Å²) >= 11 is 0. The fourth-order valence-corrected chi connectivity index (χ4v) is 7.74. The van der Waals surface area contributed by atoms with Crippen LogP contribution < -0.4 is 19.1 Å². The van der Waals surface area contributed by atoms with Gasteiger partial charge in [-0.1, -0.05) is 6.07 Å². The molecule has 2 aromatic heterocycles. The first-order chi connectivity index (χ1) is 23.2. The average Bonchev–Trinajstić information content (AvgIpc) is 3.77. The highest BCUT2D eigenvalue weighted by Gasteiger charge is 2.49. The number of aromatic nitrogens is 3. The first-order valence-electron chi connectivity index (χ1n) is 16.1. The highest BCUT2D eigenvalue weighted by Crippen LogP contribution is 2.49. The van der Waals surface area contributed by atoms with E-state index >= 15 is 8.78 Å². The van der Waals surface area contributed by atoms with Crippen LogP contribution in [0.5, 0.6) is 17.6 Å². The maximum Gasteiger partial charge on any atom is 0.319 e. The maximum atomic E-state index is 17.1. The molecule has 1 aliphatic carbocycles. The van der Waals surface area contributed by atoms with Crippen LogP contribution in [0, 0.1) is 11.6 Å². The van der Waals surface area contributed by atoms with Gasteiger partial charge in [0, 0.05) is 18.5 Å². The Hall–Kier alpha value is -4.33. The van der Waals surface area contributed by atoms with Gasteiger partial charge >= 0.3 is 6.01 Å². The number of hydrogen-bond donors (Lipinski definition) is 0. The fourth-order valence-electron chi connectivity index (χ4n) is 7.74. The van der Waals surface area contributed by atoms with Crippen molar-refractivity contribution in [2.45, 2.75) is 69.1 Å². The lowest BCUT2D eigenvalue weighted by Gasteiger charge is -2.31. The molecule has 3 atom stereocenters. The number of halogens is 5. The van der Waals surface area contributed by atoms with Crippen LogP contribution in [-0.4, -0.2) is 83.3 Å². The molecule has 0 amide bonds. The van der Waals surface area contributed by atoms with Crippen molar-refractivity contribution in [1.29, 1.82) is 0 Å². The second-order valence-electron chi connectivity index (χ2n) is 13.2. The molecule has 0 N–H and O–H groups in total. The average molecular weight is 670 g/mol. The first-order valence-corrected chi connectivity index (χ1v) is 16.1. The zero-order valence-electron chi connectivity index (χ0n) is 26.0. The summed E-state index contributed by atoms with van der Waals surface area (Å²) in [5, 5.41) is 0.897. The van der Waals surface area contributed by atoms with Gasteiger partial charge < -0.3 is 19.1 Å². The van der Waals surface area contributed by atoms with E-state index in [9.17, 15) is 18.0 Å². The molecule has 2 aromatic carbocycles. The SMILES string of the molecule is C[C@H]1COc2nc(-c3cc(OC=O)cc4ccc(F)c(C5CC5)c34)c(F)c3nc(OC[C@@]45CCCN4C[C@H](F)C5)nc(c23)N1CC(F)F. The quantitative estimate of drug-likeness (QED) is 0.150. The predicted octanol–water partition coefficient (Wildman–Crippen LogP) is 6.34. The van der Waals surface area contributed by atoms with Crippen LogP contribution in [0.4, 0.5) is 27.8 Å². The molecule has 3 aliphatic heterocycles. The van der Waals surface area contributed by atoms with Crippen molar-refractivity contribution in [3.8, 4) is 28.9 Å². The van der Waals surface area contributed by atoms with E-state index in [-0.39, 0.29) is 77.6 Å². The number of anilines is 1. The van der Waals surface area contributed by atoms with E-state index in [0.29, 0.717) is 29.3 Å². The van der Waals surface area contributed by atoms with Crippen LogP contribution in [0.15, 0.2) is 24.3 Å². The Morgan fingerprint density at radius 1 is 1.15 bits per heavy atom. The molecular formula is C34H32F5N5O4. The number of carbonyl (C=O) groups excluding carboxylic acids is 1. The minimum atomic E-state index is -2.76. The number of benzene rings is 2. The van der Waals surface area contributed by atoms with E-state index < -0.39 is 42.4 Å². The lowest BCUT2D eigenvalue weighted by molar-refractivity contribution is -0.120. The van der Waals surface area contributed by atoms with Crippen molar-refractivity contribution in [3.05, 3.63) is 41.5 Å². The van der Waals surface area contributed by atoms with Gasteiger partial charge in [-0.25, -0.2) is 26.9 Å². The third-order valence-electron chi connectivity index (χ3n) is 10.0. The molecule has 4 aliphatic rings. The highest BCUT2D eigenvalue weighted by molar-refractivity contribution is 6.03. The van der Waals surface area contributed by atoms with Crippen molar-refractivity contribution in [2.75, 3.05) is 37.7 Å². The van der Waals surface area contributed by atoms with Crippen LogP contribution in [0.3, 0.4) is 0 Å². The van der Waals surface area contributed by atoms with E-state index in [2.05, 4.69) is 15.0 Å². The number of fused-ring (bicyclic) bond motifs is 2. The van der Waals surface area contributed by atoms with Crippen molar-refractivity contribution in [2.24, 2.45) is 0 Å². The third kappa shape index (κ3) is 5.15. The van der Waals surface area contributed by atoms with Crippen LogP contribution in [0.2, 0.25) is 0 Å².